The Bertz CT molecular complexity index is 458. The molecule has 0 aromatic heterocycles. The molecule has 1 aromatic carbocycles. The molecule has 0 bridgehead atoms. The third-order valence-corrected chi connectivity index (χ3v) is 3.77. The maximum atomic E-state index is 11.2. The molecule has 1 aromatic rings. The molecule has 1 saturated heterocycles. The van der Waals surface area contributed by atoms with Crippen LogP contribution in [0.15, 0.2) is 18.2 Å². The van der Waals surface area contributed by atoms with Crippen molar-refractivity contribution in [1.82, 2.24) is 5.32 Å². The number of primary amides is 1. The van der Waals surface area contributed by atoms with Gasteiger partial charge in [-0.15, -0.1) is 0 Å². The number of anilines is 1. The number of hydrogen-bond acceptors (Lipinski definition) is 3. The van der Waals surface area contributed by atoms with E-state index in [1.165, 1.54) is 12.8 Å². The van der Waals surface area contributed by atoms with Crippen molar-refractivity contribution in [3.63, 3.8) is 0 Å². The number of amides is 1. The van der Waals surface area contributed by atoms with Gasteiger partial charge < -0.3 is 16.4 Å². The molecule has 19 heavy (non-hydrogen) atoms. The summed E-state index contributed by atoms with van der Waals surface area (Å²) in [5, 5.41) is 7.25. The molecule has 4 N–H and O–H groups in total. The molecule has 2 rings (SSSR count). The van der Waals surface area contributed by atoms with Gasteiger partial charge >= 0.3 is 0 Å². The number of hydrogen-bond donors (Lipinski definition) is 3. The number of nitrogens with one attached hydrogen (secondary N) is 2. The van der Waals surface area contributed by atoms with Gasteiger partial charge in [-0.1, -0.05) is 11.6 Å². The van der Waals surface area contributed by atoms with Gasteiger partial charge in [-0.25, -0.2) is 0 Å². The highest BCUT2D eigenvalue weighted by Gasteiger charge is 2.17. The van der Waals surface area contributed by atoms with Crippen molar-refractivity contribution in [2.45, 2.75) is 38.3 Å². The molecule has 1 amide bonds. The normalized spacial score (nSPS) is 20.2. The first-order valence-electron chi connectivity index (χ1n) is 6.65. The SMILES string of the molecule is CC(CC1CCCN1)Nc1ccc(Cl)c(C(N)=O)c1. The topological polar surface area (TPSA) is 67.2 Å². The zero-order chi connectivity index (χ0) is 13.8. The minimum Gasteiger partial charge on any atom is -0.383 e. The second-order valence-corrected chi connectivity index (χ2v) is 5.54. The summed E-state index contributed by atoms with van der Waals surface area (Å²) in [6.45, 7) is 3.25. The molecule has 104 valence electrons. The van der Waals surface area contributed by atoms with Crippen LogP contribution in [0.5, 0.6) is 0 Å². The second-order valence-electron chi connectivity index (χ2n) is 5.13. The van der Waals surface area contributed by atoms with Gasteiger partial charge in [0.25, 0.3) is 0 Å². The summed E-state index contributed by atoms with van der Waals surface area (Å²) in [6, 6.07) is 6.20. The highest BCUT2D eigenvalue weighted by molar-refractivity contribution is 6.33. The van der Waals surface area contributed by atoms with Crippen LogP contribution in [0.3, 0.4) is 0 Å². The maximum Gasteiger partial charge on any atom is 0.250 e. The zero-order valence-electron chi connectivity index (χ0n) is 11.1. The predicted molar refractivity (Wildman–Crippen MR) is 78.7 cm³/mol. The monoisotopic (exact) mass is 281 g/mol. The van der Waals surface area contributed by atoms with E-state index in [0.717, 1.165) is 18.7 Å². The number of nitrogens with two attached hydrogens (primary N) is 1. The Morgan fingerprint density at radius 1 is 1.63 bits per heavy atom. The molecule has 1 aliphatic heterocycles. The highest BCUT2D eigenvalue weighted by atomic mass is 35.5. The Hall–Kier alpha value is -1.26. The van der Waals surface area contributed by atoms with Gasteiger partial charge in [0.05, 0.1) is 10.6 Å². The fourth-order valence-corrected chi connectivity index (χ4v) is 2.74. The van der Waals surface area contributed by atoms with Crippen molar-refractivity contribution >= 4 is 23.2 Å². The molecule has 0 saturated carbocycles. The summed E-state index contributed by atoms with van der Waals surface area (Å²) in [7, 11) is 0. The van der Waals surface area contributed by atoms with Gasteiger partial charge in [-0.05, 0) is 50.9 Å². The summed E-state index contributed by atoms with van der Waals surface area (Å²) in [5.74, 6) is -0.501. The Labute approximate surface area is 118 Å². The van der Waals surface area contributed by atoms with Crippen LogP contribution in [-0.2, 0) is 0 Å². The Balaban J connectivity index is 1.98. The summed E-state index contributed by atoms with van der Waals surface area (Å²) in [6.07, 6.45) is 3.55. The first-order valence-corrected chi connectivity index (χ1v) is 7.03. The van der Waals surface area contributed by atoms with Gasteiger partial charge in [0.2, 0.25) is 5.91 Å². The van der Waals surface area contributed by atoms with Crippen molar-refractivity contribution in [2.75, 3.05) is 11.9 Å². The fraction of sp³-hybridized carbons (Fsp3) is 0.500. The fourth-order valence-electron chi connectivity index (χ4n) is 2.53. The van der Waals surface area contributed by atoms with Crippen LogP contribution < -0.4 is 16.4 Å². The lowest BCUT2D eigenvalue weighted by molar-refractivity contribution is 0.100. The minimum atomic E-state index is -0.501. The van der Waals surface area contributed by atoms with Crippen LogP contribution >= 0.6 is 11.6 Å². The molecule has 2 unspecified atom stereocenters. The van der Waals surface area contributed by atoms with Crippen molar-refractivity contribution in [3.05, 3.63) is 28.8 Å². The number of carbonyl (C=O) groups is 1. The van der Waals surface area contributed by atoms with E-state index in [-0.39, 0.29) is 0 Å². The number of halogens is 1. The molecule has 0 radical (unpaired) electrons. The van der Waals surface area contributed by atoms with Crippen molar-refractivity contribution < 1.29 is 4.79 Å². The second kappa shape index (κ2) is 6.26. The van der Waals surface area contributed by atoms with E-state index < -0.39 is 5.91 Å². The molecular formula is C14H20ClN3O. The molecule has 1 heterocycles. The van der Waals surface area contributed by atoms with Gasteiger partial charge in [0.1, 0.15) is 0 Å². The van der Waals surface area contributed by atoms with Gasteiger partial charge in [0.15, 0.2) is 0 Å². The van der Waals surface area contributed by atoms with Crippen LogP contribution in [0.25, 0.3) is 0 Å². The van der Waals surface area contributed by atoms with Crippen LogP contribution in [0.1, 0.15) is 36.5 Å². The van der Waals surface area contributed by atoms with Crippen LogP contribution in [0, 0.1) is 0 Å². The zero-order valence-corrected chi connectivity index (χ0v) is 11.8. The van der Waals surface area contributed by atoms with E-state index in [0.29, 0.717) is 22.7 Å². The van der Waals surface area contributed by atoms with E-state index in [4.69, 9.17) is 17.3 Å². The lowest BCUT2D eigenvalue weighted by atomic mass is 10.1. The van der Waals surface area contributed by atoms with E-state index in [9.17, 15) is 4.79 Å². The van der Waals surface area contributed by atoms with E-state index in [1.54, 1.807) is 12.1 Å². The number of rotatable bonds is 5. The minimum absolute atomic E-state index is 0.331. The molecule has 0 aliphatic carbocycles. The first kappa shape index (κ1) is 14.2. The number of carbonyl (C=O) groups excluding carboxylic acids is 1. The predicted octanol–water partition coefficient (Wildman–Crippen LogP) is 2.38. The third-order valence-electron chi connectivity index (χ3n) is 3.45. The molecule has 2 atom stereocenters. The molecular weight excluding hydrogens is 262 g/mol. The molecule has 0 spiro atoms. The molecule has 1 fully saturated rings. The third kappa shape index (κ3) is 3.85. The van der Waals surface area contributed by atoms with Gasteiger partial charge in [0, 0.05) is 17.8 Å². The smallest absolute Gasteiger partial charge is 0.250 e. The van der Waals surface area contributed by atoms with Crippen molar-refractivity contribution in [1.29, 1.82) is 0 Å². The molecule has 4 nitrogen and oxygen atoms in total. The lowest BCUT2D eigenvalue weighted by Gasteiger charge is -2.19. The molecule has 5 heteroatoms. The summed E-state index contributed by atoms with van der Waals surface area (Å²) >= 11 is 5.93. The average Bonchev–Trinajstić information content (AvgIpc) is 2.84. The summed E-state index contributed by atoms with van der Waals surface area (Å²) in [5.41, 5.74) is 6.52. The molecule has 1 aliphatic rings. The average molecular weight is 282 g/mol. The highest BCUT2D eigenvalue weighted by Crippen LogP contribution is 2.21. The lowest BCUT2D eigenvalue weighted by Crippen LogP contribution is -2.29. The maximum absolute atomic E-state index is 11.2. The Morgan fingerprint density at radius 3 is 3.05 bits per heavy atom. The van der Waals surface area contributed by atoms with Gasteiger partial charge in [-0.2, -0.15) is 0 Å². The van der Waals surface area contributed by atoms with E-state index in [2.05, 4.69) is 17.6 Å². The summed E-state index contributed by atoms with van der Waals surface area (Å²) in [4.78, 5) is 11.2. The van der Waals surface area contributed by atoms with Crippen molar-refractivity contribution in [3.8, 4) is 0 Å². The van der Waals surface area contributed by atoms with Crippen LogP contribution in [0.4, 0.5) is 5.69 Å². The first-order chi connectivity index (χ1) is 9.06. The largest absolute Gasteiger partial charge is 0.383 e. The van der Waals surface area contributed by atoms with Crippen molar-refractivity contribution in [2.24, 2.45) is 5.73 Å². The van der Waals surface area contributed by atoms with E-state index in [1.807, 2.05) is 6.07 Å². The number of benzene rings is 1. The van der Waals surface area contributed by atoms with Crippen LogP contribution in [-0.4, -0.2) is 24.5 Å². The Kier molecular flexibility index (Phi) is 4.66. The van der Waals surface area contributed by atoms with Crippen LogP contribution in [0.2, 0.25) is 5.02 Å². The Morgan fingerprint density at radius 2 is 2.42 bits per heavy atom. The standard InChI is InChI=1S/C14H20ClN3O/c1-9(7-10-3-2-6-17-10)18-11-4-5-13(15)12(8-11)14(16)19/h4-5,8-10,17-18H,2-3,6-7H2,1H3,(H2,16,19). The van der Waals surface area contributed by atoms with Gasteiger partial charge in [-0.3, -0.25) is 4.79 Å². The van der Waals surface area contributed by atoms with E-state index >= 15 is 0 Å². The quantitative estimate of drug-likeness (QED) is 0.776. The summed E-state index contributed by atoms with van der Waals surface area (Å²) < 4.78 is 0.